The lowest BCUT2D eigenvalue weighted by atomic mass is 10.1. The molecule has 3 rings (SSSR count). The van der Waals surface area contributed by atoms with E-state index in [-0.39, 0.29) is 24.3 Å². The molecule has 0 unspecified atom stereocenters. The first kappa shape index (κ1) is 28.5. The summed E-state index contributed by atoms with van der Waals surface area (Å²) in [7, 11) is 0. The number of benzene rings is 3. The lowest BCUT2D eigenvalue weighted by Gasteiger charge is -2.19. The van der Waals surface area contributed by atoms with Gasteiger partial charge in [-0.05, 0) is 0 Å². The number of nitrogen functional groups attached to an aromatic ring is 2. The third-order valence-electron chi connectivity index (χ3n) is 4.63. The smallest absolute Gasteiger partial charge is 0.422 e. The van der Waals surface area contributed by atoms with Crippen LogP contribution in [-0.2, 0) is 18.5 Å². The van der Waals surface area contributed by atoms with Crippen molar-refractivity contribution in [3.05, 3.63) is 70.3 Å². The Morgan fingerprint density at radius 2 is 0.842 bits per heavy atom. The molecule has 4 nitrogen and oxygen atoms in total. The molecule has 206 valence electrons. The lowest BCUT2D eigenvalue weighted by Crippen LogP contribution is -2.14. The van der Waals surface area contributed by atoms with Gasteiger partial charge in [-0.1, -0.05) is 0 Å². The predicted octanol–water partition coefficient (Wildman–Crippen LogP) is 8.05. The van der Waals surface area contributed by atoms with E-state index in [1.807, 2.05) is 0 Å². The van der Waals surface area contributed by atoms with Crippen molar-refractivity contribution in [1.29, 1.82) is 0 Å². The molecular formula is C21H9F13N2O2. The summed E-state index contributed by atoms with van der Waals surface area (Å²) in [4.78, 5) is 0. The molecular weight excluding hydrogens is 559 g/mol. The quantitative estimate of drug-likeness (QED) is 0.247. The van der Waals surface area contributed by atoms with Crippen molar-refractivity contribution in [2.75, 3.05) is 11.5 Å². The van der Waals surface area contributed by atoms with Gasteiger partial charge in [-0.15, -0.1) is 0 Å². The summed E-state index contributed by atoms with van der Waals surface area (Å²) in [5.41, 5.74) is 1.18. The number of rotatable bonds is 4. The van der Waals surface area contributed by atoms with Crippen molar-refractivity contribution >= 4 is 11.4 Å². The highest BCUT2D eigenvalue weighted by Crippen LogP contribution is 2.46. The Morgan fingerprint density at radius 3 is 1.18 bits per heavy atom. The van der Waals surface area contributed by atoms with E-state index in [0.717, 1.165) is 0 Å². The molecule has 0 saturated carbocycles. The topological polar surface area (TPSA) is 70.5 Å². The van der Waals surface area contributed by atoms with E-state index in [2.05, 4.69) is 9.47 Å². The summed E-state index contributed by atoms with van der Waals surface area (Å²) < 4.78 is 184. The van der Waals surface area contributed by atoms with Crippen LogP contribution in [0.1, 0.15) is 16.7 Å². The number of anilines is 2. The third kappa shape index (κ3) is 5.60. The van der Waals surface area contributed by atoms with E-state index in [0.29, 0.717) is 6.07 Å². The third-order valence-corrected chi connectivity index (χ3v) is 4.63. The second-order valence-electron chi connectivity index (χ2n) is 7.31. The minimum absolute atomic E-state index is 0.0145. The van der Waals surface area contributed by atoms with Gasteiger partial charge < -0.3 is 20.9 Å². The van der Waals surface area contributed by atoms with Gasteiger partial charge in [0.2, 0.25) is 5.82 Å². The van der Waals surface area contributed by atoms with Gasteiger partial charge in [-0.3, -0.25) is 0 Å². The molecule has 17 heteroatoms. The Labute approximate surface area is 202 Å². The molecule has 0 aliphatic rings. The average molecular weight is 568 g/mol. The van der Waals surface area contributed by atoms with Crippen LogP contribution in [0.4, 0.5) is 68.5 Å². The molecule has 0 spiro atoms. The summed E-state index contributed by atoms with van der Waals surface area (Å²) in [6, 6.07) is 0.486. The summed E-state index contributed by atoms with van der Waals surface area (Å²) in [6.45, 7) is 0. The zero-order chi connectivity index (χ0) is 29.0. The molecule has 0 bridgehead atoms. The average Bonchev–Trinajstić information content (AvgIpc) is 2.67. The fraction of sp³-hybridized carbons (Fsp3) is 0.143. The maximum absolute atomic E-state index is 14.4. The maximum Gasteiger partial charge on any atom is 0.422 e. The minimum Gasteiger partial charge on any atom is -0.456 e. The number of nitrogens with two attached hydrogens (primary N) is 2. The van der Waals surface area contributed by atoms with E-state index >= 15 is 0 Å². The van der Waals surface area contributed by atoms with Crippen LogP contribution in [0.3, 0.4) is 0 Å². The van der Waals surface area contributed by atoms with Crippen LogP contribution >= 0.6 is 0 Å². The second-order valence-corrected chi connectivity index (χ2v) is 7.31. The molecule has 0 heterocycles. The fourth-order valence-electron chi connectivity index (χ4n) is 3.17. The molecule has 0 saturated heterocycles. The first-order chi connectivity index (χ1) is 17.2. The number of hydrogen-bond donors (Lipinski definition) is 2. The maximum atomic E-state index is 14.4. The van der Waals surface area contributed by atoms with Gasteiger partial charge in [-0.25, -0.2) is 13.2 Å². The molecule has 3 aromatic carbocycles. The van der Waals surface area contributed by atoms with E-state index < -0.39 is 92.9 Å². The van der Waals surface area contributed by atoms with E-state index in [9.17, 15) is 57.1 Å². The van der Waals surface area contributed by atoms with Crippen molar-refractivity contribution in [3.8, 4) is 23.0 Å². The monoisotopic (exact) mass is 568 g/mol. The minimum atomic E-state index is -5.71. The van der Waals surface area contributed by atoms with Gasteiger partial charge >= 0.3 is 18.5 Å². The van der Waals surface area contributed by atoms with Gasteiger partial charge in [0, 0.05) is 30.3 Å². The SMILES string of the molecule is Nc1cc(Oc2cc(Oc3cc(N)c(C(F)(F)F)c(F)c3)c(C(F)(F)F)c(F)c2F)cc(F)c1C(F)(F)F. The van der Waals surface area contributed by atoms with Crippen molar-refractivity contribution in [2.45, 2.75) is 18.5 Å². The van der Waals surface area contributed by atoms with Gasteiger partial charge in [0.25, 0.3) is 0 Å². The Kier molecular flexibility index (Phi) is 7.02. The summed E-state index contributed by atoms with van der Waals surface area (Å²) in [5, 5.41) is 0. The summed E-state index contributed by atoms with van der Waals surface area (Å²) >= 11 is 0. The zero-order valence-corrected chi connectivity index (χ0v) is 17.8. The largest absolute Gasteiger partial charge is 0.456 e. The molecule has 0 aliphatic heterocycles. The van der Waals surface area contributed by atoms with E-state index in [1.54, 1.807) is 0 Å². The first-order valence-electron chi connectivity index (χ1n) is 9.49. The number of alkyl halides is 9. The molecule has 4 N–H and O–H groups in total. The molecule has 0 radical (unpaired) electrons. The highest BCUT2D eigenvalue weighted by atomic mass is 19.4. The second kappa shape index (κ2) is 9.36. The van der Waals surface area contributed by atoms with Gasteiger partial charge in [-0.2, -0.15) is 43.9 Å². The molecule has 0 fully saturated rings. The van der Waals surface area contributed by atoms with Crippen molar-refractivity contribution in [3.63, 3.8) is 0 Å². The van der Waals surface area contributed by atoms with Crippen LogP contribution in [0.15, 0.2) is 30.3 Å². The molecule has 0 aliphatic carbocycles. The van der Waals surface area contributed by atoms with Crippen LogP contribution in [0.25, 0.3) is 0 Å². The van der Waals surface area contributed by atoms with Gasteiger partial charge in [0.05, 0.1) is 11.4 Å². The number of ether oxygens (including phenoxy) is 2. The van der Waals surface area contributed by atoms with Gasteiger partial charge in [0.15, 0.2) is 11.6 Å². The van der Waals surface area contributed by atoms with Crippen molar-refractivity contribution < 1.29 is 66.5 Å². The predicted molar refractivity (Wildman–Crippen MR) is 103 cm³/mol. The number of halogens is 13. The van der Waals surface area contributed by atoms with Crippen molar-refractivity contribution in [2.24, 2.45) is 0 Å². The molecule has 3 aromatic rings. The fourth-order valence-corrected chi connectivity index (χ4v) is 3.17. The van der Waals surface area contributed by atoms with Crippen LogP contribution in [0.5, 0.6) is 23.0 Å². The summed E-state index contributed by atoms with van der Waals surface area (Å²) in [6.07, 6.45) is -16.3. The molecule has 0 amide bonds. The van der Waals surface area contributed by atoms with Crippen LogP contribution in [0.2, 0.25) is 0 Å². The molecule has 0 atom stereocenters. The van der Waals surface area contributed by atoms with E-state index in [1.165, 1.54) is 0 Å². The van der Waals surface area contributed by atoms with Crippen molar-refractivity contribution in [1.82, 2.24) is 0 Å². The normalized spacial score (nSPS) is 12.6. The summed E-state index contributed by atoms with van der Waals surface area (Å²) in [5.74, 6) is -14.5. The molecule has 0 aromatic heterocycles. The van der Waals surface area contributed by atoms with Gasteiger partial charge in [0.1, 0.15) is 45.6 Å². The standard InChI is InChI=1S/C21H9F13N2O2/c22-8-1-6(3-10(35)14(8)19(26,27)28)37-12-5-13(17(24)18(25)16(12)21(32,33)34)38-7-2-9(23)15(11(36)4-7)20(29,30)31/h1-5H,35-36H2. The Bertz CT molecular complexity index is 1350. The Hall–Kier alpha value is -4.05. The lowest BCUT2D eigenvalue weighted by molar-refractivity contribution is -0.141. The van der Waals surface area contributed by atoms with Crippen LogP contribution < -0.4 is 20.9 Å². The highest BCUT2D eigenvalue weighted by molar-refractivity contribution is 5.57. The first-order valence-corrected chi connectivity index (χ1v) is 9.49. The zero-order valence-electron chi connectivity index (χ0n) is 17.8. The Balaban J connectivity index is 2.14. The Morgan fingerprint density at radius 1 is 0.474 bits per heavy atom. The molecule has 38 heavy (non-hydrogen) atoms. The van der Waals surface area contributed by atoms with E-state index in [4.69, 9.17) is 11.5 Å². The van der Waals surface area contributed by atoms with Crippen LogP contribution in [-0.4, -0.2) is 0 Å². The number of hydrogen-bond acceptors (Lipinski definition) is 4. The highest BCUT2D eigenvalue weighted by Gasteiger charge is 2.42. The van der Waals surface area contributed by atoms with Crippen LogP contribution in [0, 0.1) is 23.3 Å².